The van der Waals surface area contributed by atoms with E-state index in [4.69, 9.17) is 15.0 Å². The lowest BCUT2D eigenvalue weighted by atomic mass is 9.98. The van der Waals surface area contributed by atoms with Crippen molar-refractivity contribution in [2.75, 3.05) is 62.7 Å². The van der Waals surface area contributed by atoms with E-state index in [0.29, 0.717) is 27.7 Å². The second-order valence-corrected chi connectivity index (χ2v) is 13.0. The van der Waals surface area contributed by atoms with Crippen molar-refractivity contribution in [1.82, 2.24) is 29.2 Å². The van der Waals surface area contributed by atoms with E-state index in [2.05, 4.69) is 58.5 Å². The molecule has 240 valence electrons. The zero-order valence-corrected chi connectivity index (χ0v) is 27.5. The molecule has 0 radical (unpaired) electrons. The number of piperazine rings is 1. The Kier molecular flexibility index (Phi) is 8.34. The summed E-state index contributed by atoms with van der Waals surface area (Å²) in [5.74, 6) is 1.88. The summed E-state index contributed by atoms with van der Waals surface area (Å²) in [4.78, 5) is 36.4. The van der Waals surface area contributed by atoms with Gasteiger partial charge in [-0.1, -0.05) is 25.2 Å². The van der Waals surface area contributed by atoms with Crippen LogP contribution in [0.1, 0.15) is 24.4 Å². The minimum absolute atomic E-state index is 0.149. The van der Waals surface area contributed by atoms with E-state index in [0.717, 1.165) is 79.9 Å². The smallest absolute Gasteiger partial charge is 0.228 e. The molecule has 4 aromatic heterocycles. The number of anilines is 3. The van der Waals surface area contributed by atoms with E-state index in [-0.39, 0.29) is 17.6 Å². The highest BCUT2D eigenvalue weighted by Gasteiger charge is 2.35. The van der Waals surface area contributed by atoms with Gasteiger partial charge in [0.25, 0.3) is 0 Å². The molecule has 47 heavy (non-hydrogen) atoms. The molecule has 5 aromatic rings. The number of amides is 1. The molecule has 1 aromatic carbocycles. The molecular weight excluding hydrogens is 614 g/mol. The quantitative estimate of drug-likeness (QED) is 0.219. The third-order valence-electron chi connectivity index (χ3n) is 9.19. The number of benzene rings is 1. The molecule has 2 fully saturated rings. The maximum atomic E-state index is 13.6. The first-order valence-electron chi connectivity index (χ1n) is 16.0. The van der Waals surface area contributed by atoms with Gasteiger partial charge in [-0.25, -0.2) is 19.3 Å². The predicted octanol–water partition coefficient (Wildman–Crippen LogP) is 5.46. The molecule has 2 saturated heterocycles. The van der Waals surface area contributed by atoms with Gasteiger partial charge in [-0.15, -0.1) is 0 Å². The van der Waals surface area contributed by atoms with Crippen LogP contribution in [0.25, 0.3) is 28.0 Å². The molecule has 12 heteroatoms. The molecule has 0 unspecified atom stereocenters. The van der Waals surface area contributed by atoms with Crippen molar-refractivity contribution in [1.29, 1.82) is 5.26 Å². The molecule has 0 aliphatic carbocycles. The maximum Gasteiger partial charge on any atom is 0.228 e. The number of carbonyl (C=O) groups excluding carboxylic acids is 1. The molecule has 0 N–H and O–H groups in total. The number of aromatic nitrogens is 4. The van der Waals surface area contributed by atoms with Crippen LogP contribution in [-0.4, -0.2) is 87.9 Å². The summed E-state index contributed by atoms with van der Waals surface area (Å²) in [5, 5.41) is 10.5. The van der Waals surface area contributed by atoms with Crippen molar-refractivity contribution in [3.8, 4) is 28.5 Å². The molecule has 0 saturated carbocycles. The maximum absolute atomic E-state index is 13.6. The Labute approximate surface area is 277 Å². The van der Waals surface area contributed by atoms with Gasteiger partial charge in [-0.2, -0.15) is 5.26 Å². The number of carbonyl (C=O) groups is 1. The number of nitrogens with zero attached hydrogens (tertiary/aromatic N) is 9. The first-order valence-corrected chi connectivity index (χ1v) is 16.8. The van der Waals surface area contributed by atoms with Gasteiger partial charge in [0.1, 0.15) is 39.7 Å². The number of thiazole rings is 1. The minimum Gasteiger partial charge on any atom is -0.353 e. The number of halogens is 1. The third-order valence-corrected chi connectivity index (χ3v) is 10.2. The standard InChI is InChI=1S/C35H36FN9OS/c1-4-28-33(41(3)35-40-32(29(18-37)47-35)23-6-10-27(36)11-7-23)45-22-25(9-13-31(45)39-28)24-8-12-30(38-19-24)43-14-16-44(17-15-43)34(46)26-20-42(5-2)21-26/h6-13,19,22,26H,4-5,14-17,20-21H2,1-3H3. The lowest BCUT2D eigenvalue weighted by molar-refractivity contribution is -0.141. The molecular formula is C35H36FN9OS. The summed E-state index contributed by atoms with van der Waals surface area (Å²) in [6, 6.07) is 16.5. The Hall–Kier alpha value is -4.86. The van der Waals surface area contributed by atoms with Crippen molar-refractivity contribution in [3.63, 3.8) is 0 Å². The Balaban J connectivity index is 1.10. The molecule has 7 rings (SSSR count). The fraction of sp³-hybridized carbons (Fsp3) is 0.343. The van der Waals surface area contributed by atoms with E-state index in [1.54, 1.807) is 12.1 Å². The average Bonchev–Trinajstić information content (AvgIpc) is 3.69. The summed E-state index contributed by atoms with van der Waals surface area (Å²) >= 11 is 1.30. The SMILES string of the molecule is CCc1nc2ccc(-c3ccc(N4CCN(C(=O)C5CN(CC)C5)CC4)nc3)cn2c1N(C)c1nc(-c2ccc(F)cc2)c(C#N)s1. The Bertz CT molecular complexity index is 1950. The van der Waals surface area contributed by atoms with Crippen LogP contribution in [0.5, 0.6) is 0 Å². The number of nitriles is 1. The third kappa shape index (κ3) is 5.81. The summed E-state index contributed by atoms with van der Waals surface area (Å²) in [6.45, 7) is 9.95. The summed E-state index contributed by atoms with van der Waals surface area (Å²) in [5.41, 5.74) is 4.92. The Morgan fingerprint density at radius 3 is 2.38 bits per heavy atom. The molecule has 10 nitrogen and oxygen atoms in total. The van der Waals surface area contributed by atoms with E-state index in [1.165, 1.54) is 23.5 Å². The lowest BCUT2D eigenvalue weighted by Gasteiger charge is -2.42. The van der Waals surface area contributed by atoms with Crippen LogP contribution < -0.4 is 9.80 Å². The highest BCUT2D eigenvalue weighted by Crippen LogP contribution is 2.37. The predicted molar refractivity (Wildman–Crippen MR) is 182 cm³/mol. The van der Waals surface area contributed by atoms with Crippen molar-refractivity contribution in [2.45, 2.75) is 20.3 Å². The van der Waals surface area contributed by atoms with Gasteiger partial charge >= 0.3 is 0 Å². The number of fused-ring (bicyclic) bond motifs is 1. The molecule has 0 spiro atoms. The molecule has 6 heterocycles. The number of aryl methyl sites for hydroxylation is 1. The highest BCUT2D eigenvalue weighted by atomic mass is 32.1. The fourth-order valence-electron chi connectivity index (χ4n) is 6.41. The van der Waals surface area contributed by atoms with Gasteiger partial charge in [-0.3, -0.25) is 9.20 Å². The van der Waals surface area contributed by atoms with E-state index >= 15 is 0 Å². The Morgan fingerprint density at radius 2 is 1.72 bits per heavy atom. The fourth-order valence-corrected chi connectivity index (χ4v) is 7.26. The van der Waals surface area contributed by atoms with Gasteiger partial charge in [0.05, 0.1) is 11.6 Å². The molecule has 2 aliphatic rings. The number of hydrogen-bond donors (Lipinski definition) is 0. The number of hydrogen-bond acceptors (Lipinski definition) is 9. The van der Waals surface area contributed by atoms with Crippen LogP contribution in [-0.2, 0) is 11.2 Å². The van der Waals surface area contributed by atoms with Crippen LogP contribution in [0.15, 0.2) is 60.9 Å². The van der Waals surface area contributed by atoms with Crippen molar-refractivity contribution < 1.29 is 9.18 Å². The minimum atomic E-state index is -0.336. The van der Waals surface area contributed by atoms with Crippen LogP contribution >= 0.6 is 11.3 Å². The van der Waals surface area contributed by atoms with Crippen LogP contribution in [0.4, 0.5) is 21.2 Å². The van der Waals surface area contributed by atoms with Crippen LogP contribution in [0, 0.1) is 23.1 Å². The van der Waals surface area contributed by atoms with E-state index < -0.39 is 0 Å². The van der Waals surface area contributed by atoms with Crippen molar-refractivity contribution in [3.05, 3.63) is 77.3 Å². The molecule has 0 bridgehead atoms. The highest BCUT2D eigenvalue weighted by molar-refractivity contribution is 7.16. The second-order valence-electron chi connectivity index (χ2n) is 12.0. The van der Waals surface area contributed by atoms with E-state index in [1.807, 2.05) is 29.1 Å². The van der Waals surface area contributed by atoms with Crippen LogP contribution in [0.3, 0.4) is 0 Å². The molecule has 2 aliphatic heterocycles. The molecule has 1 amide bonds. The first-order chi connectivity index (χ1) is 22.9. The van der Waals surface area contributed by atoms with Crippen molar-refractivity contribution >= 4 is 39.7 Å². The summed E-state index contributed by atoms with van der Waals surface area (Å²) in [7, 11) is 1.93. The average molecular weight is 650 g/mol. The zero-order valence-electron chi connectivity index (χ0n) is 26.7. The van der Waals surface area contributed by atoms with Gasteiger partial charge in [-0.05, 0) is 61.5 Å². The number of likely N-dealkylation sites (tertiary alicyclic amines) is 1. The van der Waals surface area contributed by atoms with Gasteiger partial charge < -0.3 is 19.6 Å². The second kappa shape index (κ2) is 12.7. The number of rotatable bonds is 8. The monoisotopic (exact) mass is 649 g/mol. The van der Waals surface area contributed by atoms with Gasteiger partial charge in [0.2, 0.25) is 5.91 Å². The summed E-state index contributed by atoms with van der Waals surface area (Å²) in [6.07, 6.45) is 4.68. The normalized spacial score (nSPS) is 15.6. The van der Waals surface area contributed by atoms with Crippen molar-refractivity contribution in [2.24, 2.45) is 5.92 Å². The number of pyridine rings is 2. The lowest BCUT2D eigenvalue weighted by Crippen LogP contribution is -2.57. The topological polar surface area (TPSA) is 96.9 Å². The zero-order chi connectivity index (χ0) is 32.7. The largest absolute Gasteiger partial charge is 0.353 e. The van der Waals surface area contributed by atoms with E-state index in [9.17, 15) is 14.4 Å². The van der Waals surface area contributed by atoms with Gasteiger partial charge in [0.15, 0.2) is 5.13 Å². The van der Waals surface area contributed by atoms with Crippen LogP contribution in [0.2, 0.25) is 0 Å². The first kappa shape index (κ1) is 30.8. The summed E-state index contributed by atoms with van der Waals surface area (Å²) < 4.78 is 15.6. The van der Waals surface area contributed by atoms with Gasteiger partial charge in [0, 0.05) is 75.4 Å². The molecule has 0 atom stereocenters. The Morgan fingerprint density at radius 1 is 1.00 bits per heavy atom. The number of imidazole rings is 1.